The van der Waals surface area contributed by atoms with Gasteiger partial charge in [-0.15, -0.1) is 0 Å². The minimum Gasteiger partial charge on any atom is -0.396 e. The van der Waals surface area contributed by atoms with Gasteiger partial charge in [0.15, 0.2) is 0 Å². The van der Waals surface area contributed by atoms with E-state index < -0.39 is 0 Å². The van der Waals surface area contributed by atoms with E-state index in [2.05, 4.69) is 32.9 Å². The lowest BCUT2D eigenvalue weighted by atomic mass is 9.77. The Labute approximate surface area is 104 Å². The first kappa shape index (κ1) is 14.2. The van der Waals surface area contributed by atoms with E-state index >= 15 is 0 Å². The monoisotopic (exact) mass is 236 g/mol. The highest BCUT2D eigenvalue weighted by Crippen LogP contribution is 2.30. The molecule has 17 heavy (non-hydrogen) atoms. The van der Waals surface area contributed by atoms with Gasteiger partial charge in [-0.25, -0.2) is 0 Å². The fraction of sp³-hybridized carbons (Fsp3) is 0.600. The zero-order valence-corrected chi connectivity index (χ0v) is 11.2. The van der Waals surface area contributed by atoms with Crippen molar-refractivity contribution in [2.45, 2.75) is 40.0 Å². The van der Waals surface area contributed by atoms with Crippen LogP contribution in [0.2, 0.25) is 0 Å². The predicted molar refractivity (Wildman–Crippen MR) is 71.1 cm³/mol. The zero-order chi connectivity index (χ0) is 12.9. The molecule has 1 rings (SSSR count). The first-order valence-corrected chi connectivity index (χ1v) is 6.35. The lowest BCUT2D eigenvalue weighted by molar-refractivity contribution is 0.0464. The third kappa shape index (κ3) is 3.30. The van der Waals surface area contributed by atoms with Gasteiger partial charge in [-0.05, 0) is 43.4 Å². The SMILES string of the molecule is CCCC(CO)(CO)Cc1c(C)cccc1C. The Hall–Kier alpha value is -0.860. The van der Waals surface area contributed by atoms with Crippen molar-refractivity contribution in [2.75, 3.05) is 13.2 Å². The van der Waals surface area contributed by atoms with Gasteiger partial charge in [-0.1, -0.05) is 31.5 Å². The average Bonchev–Trinajstić information content (AvgIpc) is 2.33. The van der Waals surface area contributed by atoms with E-state index in [1.807, 2.05) is 6.07 Å². The summed E-state index contributed by atoms with van der Waals surface area (Å²) in [4.78, 5) is 0. The first-order chi connectivity index (χ1) is 8.08. The number of rotatable bonds is 6. The molecular weight excluding hydrogens is 212 g/mol. The fourth-order valence-corrected chi connectivity index (χ4v) is 2.44. The Morgan fingerprint density at radius 1 is 1.06 bits per heavy atom. The number of benzene rings is 1. The van der Waals surface area contributed by atoms with Crippen molar-refractivity contribution < 1.29 is 10.2 Å². The van der Waals surface area contributed by atoms with Crippen LogP contribution in [-0.2, 0) is 6.42 Å². The highest BCUT2D eigenvalue weighted by Gasteiger charge is 2.29. The van der Waals surface area contributed by atoms with Crippen LogP contribution >= 0.6 is 0 Å². The van der Waals surface area contributed by atoms with Gasteiger partial charge in [0.1, 0.15) is 0 Å². The number of hydrogen-bond acceptors (Lipinski definition) is 2. The van der Waals surface area contributed by atoms with Gasteiger partial charge < -0.3 is 10.2 Å². The van der Waals surface area contributed by atoms with Crippen LogP contribution in [0.5, 0.6) is 0 Å². The largest absolute Gasteiger partial charge is 0.396 e. The molecule has 1 aromatic rings. The molecule has 2 heteroatoms. The Kier molecular flexibility index (Phi) is 5.16. The summed E-state index contributed by atoms with van der Waals surface area (Å²) >= 11 is 0. The first-order valence-electron chi connectivity index (χ1n) is 6.35. The Morgan fingerprint density at radius 3 is 2.00 bits per heavy atom. The van der Waals surface area contributed by atoms with Gasteiger partial charge in [0, 0.05) is 5.41 Å². The van der Waals surface area contributed by atoms with Crippen LogP contribution in [0.3, 0.4) is 0 Å². The summed E-state index contributed by atoms with van der Waals surface area (Å²) in [6.45, 7) is 6.36. The molecule has 0 aliphatic carbocycles. The van der Waals surface area contributed by atoms with Crippen molar-refractivity contribution in [1.82, 2.24) is 0 Å². The molecule has 1 aromatic carbocycles. The fourth-order valence-electron chi connectivity index (χ4n) is 2.44. The van der Waals surface area contributed by atoms with E-state index in [1.165, 1.54) is 16.7 Å². The molecule has 2 nitrogen and oxygen atoms in total. The molecule has 0 heterocycles. The highest BCUT2D eigenvalue weighted by atomic mass is 16.3. The summed E-state index contributed by atoms with van der Waals surface area (Å²) in [6.07, 6.45) is 2.59. The second kappa shape index (κ2) is 6.18. The van der Waals surface area contributed by atoms with Gasteiger partial charge in [0.2, 0.25) is 0 Å². The smallest absolute Gasteiger partial charge is 0.0512 e. The molecule has 0 aliphatic heterocycles. The third-order valence-corrected chi connectivity index (χ3v) is 3.65. The summed E-state index contributed by atoms with van der Waals surface area (Å²) in [7, 11) is 0. The summed E-state index contributed by atoms with van der Waals surface area (Å²) in [5, 5.41) is 19.2. The van der Waals surface area contributed by atoms with Crippen molar-refractivity contribution in [1.29, 1.82) is 0 Å². The van der Waals surface area contributed by atoms with Crippen LogP contribution in [0.25, 0.3) is 0 Å². The van der Waals surface area contributed by atoms with Gasteiger partial charge >= 0.3 is 0 Å². The normalized spacial score (nSPS) is 11.8. The van der Waals surface area contributed by atoms with Crippen LogP contribution in [-0.4, -0.2) is 23.4 Å². The van der Waals surface area contributed by atoms with Crippen molar-refractivity contribution in [3.63, 3.8) is 0 Å². The maximum absolute atomic E-state index is 9.59. The third-order valence-electron chi connectivity index (χ3n) is 3.65. The summed E-state index contributed by atoms with van der Waals surface area (Å²) in [5.41, 5.74) is 3.38. The van der Waals surface area contributed by atoms with Crippen molar-refractivity contribution in [3.8, 4) is 0 Å². The number of aliphatic hydroxyl groups excluding tert-OH is 2. The van der Waals surface area contributed by atoms with E-state index in [9.17, 15) is 10.2 Å². The molecule has 0 spiro atoms. The van der Waals surface area contributed by atoms with E-state index in [0.29, 0.717) is 0 Å². The molecule has 0 saturated heterocycles. The van der Waals surface area contributed by atoms with Gasteiger partial charge in [0.05, 0.1) is 13.2 Å². The second-order valence-corrected chi connectivity index (χ2v) is 5.11. The standard InChI is InChI=1S/C15H24O2/c1-4-8-15(10-16,11-17)9-14-12(2)6-5-7-13(14)3/h5-7,16-17H,4,8-11H2,1-3H3. The molecule has 0 aliphatic rings. The molecular formula is C15H24O2. The molecule has 0 fully saturated rings. The van der Waals surface area contributed by atoms with Crippen molar-refractivity contribution in [3.05, 3.63) is 34.9 Å². The van der Waals surface area contributed by atoms with Crippen LogP contribution in [0.4, 0.5) is 0 Å². The summed E-state index contributed by atoms with van der Waals surface area (Å²) in [5.74, 6) is 0. The lowest BCUT2D eigenvalue weighted by Crippen LogP contribution is -2.32. The van der Waals surface area contributed by atoms with Gasteiger partial charge in [0.25, 0.3) is 0 Å². The van der Waals surface area contributed by atoms with Crippen LogP contribution < -0.4 is 0 Å². The van der Waals surface area contributed by atoms with E-state index in [-0.39, 0.29) is 18.6 Å². The molecule has 0 unspecified atom stereocenters. The molecule has 0 bridgehead atoms. The molecule has 0 aromatic heterocycles. The highest BCUT2D eigenvalue weighted by molar-refractivity contribution is 5.34. The summed E-state index contributed by atoms with van der Waals surface area (Å²) in [6, 6.07) is 6.23. The molecule has 2 N–H and O–H groups in total. The number of aryl methyl sites for hydroxylation is 2. The topological polar surface area (TPSA) is 40.5 Å². The molecule has 96 valence electrons. The maximum Gasteiger partial charge on any atom is 0.0512 e. The van der Waals surface area contributed by atoms with E-state index in [1.54, 1.807) is 0 Å². The molecule has 0 amide bonds. The number of aliphatic hydroxyl groups is 2. The Bertz CT molecular complexity index is 334. The predicted octanol–water partition coefficient (Wildman–Crippen LogP) is 2.62. The van der Waals surface area contributed by atoms with Gasteiger partial charge in [-0.3, -0.25) is 0 Å². The van der Waals surface area contributed by atoms with E-state index in [0.717, 1.165) is 19.3 Å². The molecule has 0 atom stereocenters. The molecule has 0 radical (unpaired) electrons. The zero-order valence-electron chi connectivity index (χ0n) is 11.2. The van der Waals surface area contributed by atoms with Crippen LogP contribution in [0, 0.1) is 19.3 Å². The Morgan fingerprint density at radius 2 is 1.59 bits per heavy atom. The molecule has 0 saturated carbocycles. The Balaban J connectivity index is 3.01. The quantitative estimate of drug-likeness (QED) is 0.797. The second-order valence-electron chi connectivity index (χ2n) is 5.11. The number of hydrogen-bond donors (Lipinski definition) is 2. The van der Waals surface area contributed by atoms with Crippen molar-refractivity contribution >= 4 is 0 Å². The van der Waals surface area contributed by atoms with Crippen LogP contribution in [0.15, 0.2) is 18.2 Å². The average molecular weight is 236 g/mol. The van der Waals surface area contributed by atoms with Gasteiger partial charge in [-0.2, -0.15) is 0 Å². The maximum atomic E-state index is 9.59. The van der Waals surface area contributed by atoms with E-state index in [4.69, 9.17) is 0 Å². The minimum absolute atomic E-state index is 0.0467. The van der Waals surface area contributed by atoms with Crippen LogP contribution in [0.1, 0.15) is 36.5 Å². The minimum atomic E-state index is -0.369. The lowest BCUT2D eigenvalue weighted by Gasteiger charge is -2.31. The summed E-state index contributed by atoms with van der Waals surface area (Å²) < 4.78 is 0. The van der Waals surface area contributed by atoms with Crippen molar-refractivity contribution in [2.24, 2.45) is 5.41 Å².